The number of likely N-dealkylation sites (N-methyl/N-ethyl adjacent to an activating group) is 1. The summed E-state index contributed by atoms with van der Waals surface area (Å²) < 4.78 is 0. The van der Waals surface area contributed by atoms with Gasteiger partial charge >= 0.3 is 0 Å². The summed E-state index contributed by atoms with van der Waals surface area (Å²) in [5, 5.41) is 68.7. The van der Waals surface area contributed by atoms with E-state index in [4.69, 9.17) is 5.73 Å². The highest BCUT2D eigenvalue weighted by Crippen LogP contribution is 2.58. The fraction of sp³-hybridized carbons (Fsp3) is 0.321. The minimum absolute atomic E-state index is 0.0124. The lowest BCUT2D eigenvalue weighted by Gasteiger charge is -2.55. The van der Waals surface area contributed by atoms with Gasteiger partial charge in [0.25, 0.3) is 5.91 Å². The summed E-state index contributed by atoms with van der Waals surface area (Å²) in [4.78, 5) is 40.7. The van der Waals surface area contributed by atoms with Crippen LogP contribution in [-0.2, 0) is 20.0 Å². The zero-order chi connectivity index (χ0) is 28.8. The third kappa shape index (κ3) is 3.27. The zero-order valence-electron chi connectivity index (χ0n) is 21.3. The van der Waals surface area contributed by atoms with Gasteiger partial charge < -0.3 is 36.4 Å². The van der Waals surface area contributed by atoms with Crippen molar-refractivity contribution in [3.05, 3.63) is 70.5 Å². The molecule has 1 unspecified atom stereocenters. The molecular formula is C28H28N2O9. The monoisotopic (exact) mass is 536 g/mol. The van der Waals surface area contributed by atoms with Crippen molar-refractivity contribution >= 4 is 23.2 Å². The van der Waals surface area contributed by atoms with E-state index in [1.54, 1.807) is 30.3 Å². The molecule has 8 N–H and O–H groups in total. The lowest BCUT2D eigenvalue weighted by molar-refractivity contribution is -0.181. The van der Waals surface area contributed by atoms with Gasteiger partial charge in [-0.15, -0.1) is 0 Å². The van der Waals surface area contributed by atoms with E-state index in [0.717, 1.165) is 0 Å². The smallest absolute Gasteiger partial charge is 0.255 e. The first-order valence-electron chi connectivity index (χ1n) is 12.2. The van der Waals surface area contributed by atoms with Gasteiger partial charge in [-0.2, -0.15) is 0 Å². The normalized spacial score (nSPS) is 32.2. The van der Waals surface area contributed by atoms with E-state index in [9.17, 15) is 45.0 Å². The van der Waals surface area contributed by atoms with Crippen molar-refractivity contribution < 1.29 is 45.0 Å². The molecule has 0 aliphatic heterocycles. The number of primary amides is 1. The molecule has 39 heavy (non-hydrogen) atoms. The number of Topliss-reactive ketones (excluding diaryl/α,β-unsaturated/α-hetero) is 2. The number of phenolic OH excluding ortho intramolecular Hbond substituents is 1. The number of benzene rings is 2. The highest BCUT2D eigenvalue weighted by atomic mass is 16.4. The standard InChI is InChI=1S/C28H28N2O9/c1-27(38)17-12(11-7-5-4-6-8-11)9-10-13(31)14(17)21(32)15-18(27)23(34)19-20(30(2)3)22(33)16(26(29)37)25(36)28(19,39)24(15)35/h4-10,18-20,23,31-32,34,36,38-39H,1-3H3,(H2,29,37)/t18-,19-,20+,23+,27?,28+/m0/s1. The third-order valence-corrected chi connectivity index (χ3v) is 8.22. The molecule has 0 aromatic heterocycles. The van der Waals surface area contributed by atoms with Crippen LogP contribution in [0.1, 0.15) is 18.1 Å². The second-order valence-electron chi connectivity index (χ2n) is 10.6. The van der Waals surface area contributed by atoms with Crippen LogP contribution < -0.4 is 5.73 Å². The van der Waals surface area contributed by atoms with Gasteiger partial charge in [-0.1, -0.05) is 36.4 Å². The summed E-state index contributed by atoms with van der Waals surface area (Å²) in [6.45, 7) is 1.29. The van der Waals surface area contributed by atoms with Crippen LogP contribution in [0.15, 0.2) is 59.4 Å². The minimum atomic E-state index is -3.06. The fourth-order valence-electron chi connectivity index (χ4n) is 6.59. The van der Waals surface area contributed by atoms with E-state index >= 15 is 0 Å². The number of carbonyl (C=O) groups excluding carboxylic acids is 3. The molecule has 5 rings (SSSR count). The Kier molecular flexibility index (Phi) is 5.78. The largest absolute Gasteiger partial charge is 0.508 e. The van der Waals surface area contributed by atoms with Gasteiger partial charge in [-0.25, -0.2) is 0 Å². The van der Waals surface area contributed by atoms with E-state index in [0.29, 0.717) is 11.1 Å². The first-order valence-corrected chi connectivity index (χ1v) is 12.2. The second kappa shape index (κ2) is 8.48. The minimum Gasteiger partial charge on any atom is -0.508 e. The molecule has 204 valence electrons. The number of nitrogens with two attached hydrogens (primary N) is 1. The van der Waals surface area contributed by atoms with E-state index < -0.39 is 81.1 Å². The Hall–Kier alpha value is -4.03. The lowest BCUT2D eigenvalue weighted by atomic mass is 9.53. The predicted octanol–water partition coefficient (Wildman–Crippen LogP) is 0.267. The van der Waals surface area contributed by atoms with E-state index in [1.165, 1.54) is 38.1 Å². The van der Waals surface area contributed by atoms with Crippen LogP contribution in [0.2, 0.25) is 0 Å². The molecule has 1 saturated carbocycles. The van der Waals surface area contributed by atoms with Crippen molar-refractivity contribution in [2.24, 2.45) is 17.6 Å². The van der Waals surface area contributed by atoms with Gasteiger partial charge in [0.05, 0.1) is 40.7 Å². The maximum Gasteiger partial charge on any atom is 0.255 e. The number of rotatable bonds is 3. The lowest BCUT2D eigenvalue weighted by Crippen LogP contribution is -2.71. The van der Waals surface area contributed by atoms with Gasteiger partial charge in [0, 0.05) is 5.56 Å². The van der Waals surface area contributed by atoms with Crippen molar-refractivity contribution in [3.8, 4) is 16.9 Å². The van der Waals surface area contributed by atoms with Crippen LogP contribution >= 0.6 is 0 Å². The van der Waals surface area contributed by atoms with E-state index in [1.807, 2.05) is 0 Å². The Morgan fingerprint density at radius 2 is 1.62 bits per heavy atom. The molecule has 6 atom stereocenters. The summed E-state index contributed by atoms with van der Waals surface area (Å²) in [5.74, 6) is -9.85. The molecule has 1 fully saturated rings. The molecule has 11 nitrogen and oxygen atoms in total. The average molecular weight is 537 g/mol. The highest BCUT2D eigenvalue weighted by molar-refractivity contribution is 6.24. The SMILES string of the molecule is CN(C)[C@H]1C(=O)C(C(N)=O)=C(O)[C@]2(O)C(=O)C3=C(O)c4c(O)ccc(-c5ccccc5)c4C(C)(O)[C@@H]3[C@@H](O)[C@H]12. The predicted molar refractivity (Wildman–Crippen MR) is 137 cm³/mol. The number of aliphatic hydroxyl groups excluding tert-OH is 3. The average Bonchev–Trinajstić information content (AvgIpc) is 2.86. The molecule has 3 aliphatic rings. The first kappa shape index (κ1) is 26.6. The van der Waals surface area contributed by atoms with Crippen LogP contribution in [0.25, 0.3) is 16.9 Å². The number of hydrogen-bond acceptors (Lipinski definition) is 10. The summed E-state index contributed by atoms with van der Waals surface area (Å²) in [7, 11) is 2.81. The molecule has 2 aromatic rings. The van der Waals surface area contributed by atoms with Crippen LogP contribution in [0.3, 0.4) is 0 Å². The van der Waals surface area contributed by atoms with Gasteiger partial charge in [0.15, 0.2) is 11.4 Å². The molecular weight excluding hydrogens is 508 g/mol. The molecule has 0 heterocycles. The van der Waals surface area contributed by atoms with Gasteiger partial charge in [0.1, 0.15) is 22.8 Å². The Morgan fingerprint density at radius 3 is 2.18 bits per heavy atom. The number of ketones is 2. The summed E-state index contributed by atoms with van der Waals surface area (Å²) in [6, 6.07) is 9.98. The van der Waals surface area contributed by atoms with E-state index in [-0.39, 0.29) is 11.1 Å². The number of carbonyl (C=O) groups is 3. The van der Waals surface area contributed by atoms with Crippen molar-refractivity contribution in [1.29, 1.82) is 0 Å². The van der Waals surface area contributed by atoms with Gasteiger partial charge in [0.2, 0.25) is 5.78 Å². The Labute approximate surface area is 222 Å². The van der Waals surface area contributed by atoms with Crippen molar-refractivity contribution in [3.63, 3.8) is 0 Å². The molecule has 2 aromatic carbocycles. The molecule has 0 radical (unpaired) electrons. The van der Waals surface area contributed by atoms with Crippen LogP contribution in [0, 0.1) is 11.8 Å². The van der Waals surface area contributed by atoms with Crippen molar-refractivity contribution in [2.75, 3.05) is 14.1 Å². The van der Waals surface area contributed by atoms with Crippen LogP contribution in [0.4, 0.5) is 0 Å². The number of aromatic hydroxyl groups is 1. The molecule has 0 spiro atoms. The van der Waals surface area contributed by atoms with Crippen molar-refractivity contribution in [1.82, 2.24) is 4.90 Å². The molecule has 0 bridgehead atoms. The Bertz CT molecular complexity index is 1510. The van der Waals surface area contributed by atoms with Gasteiger partial charge in [-0.3, -0.25) is 19.3 Å². The molecule has 11 heteroatoms. The quantitative estimate of drug-likeness (QED) is 0.267. The zero-order valence-corrected chi connectivity index (χ0v) is 21.3. The number of nitrogens with zero attached hydrogens (tertiary/aromatic N) is 1. The Morgan fingerprint density at radius 1 is 1.00 bits per heavy atom. The molecule has 1 amide bonds. The topological polar surface area (TPSA) is 202 Å². The summed E-state index contributed by atoms with van der Waals surface area (Å²) in [6.07, 6.45) is -1.92. The number of aliphatic hydroxyl groups is 5. The van der Waals surface area contributed by atoms with Crippen molar-refractivity contribution in [2.45, 2.75) is 30.3 Å². The van der Waals surface area contributed by atoms with Crippen LogP contribution in [0.5, 0.6) is 5.75 Å². The summed E-state index contributed by atoms with van der Waals surface area (Å²) >= 11 is 0. The Balaban J connectivity index is 1.87. The van der Waals surface area contributed by atoms with E-state index in [2.05, 4.69) is 0 Å². The second-order valence-corrected chi connectivity index (χ2v) is 10.6. The number of amides is 1. The fourth-order valence-corrected chi connectivity index (χ4v) is 6.59. The first-order chi connectivity index (χ1) is 18.2. The van der Waals surface area contributed by atoms with Gasteiger partial charge in [-0.05, 0) is 38.2 Å². The maximum absolute atomic E-state index is 14.0. The number of phenols is 1. The molecule has 0 saturated heterocycles. The highest BCUT2D eigenvalue weighted by Gasteiger charge is 2.70. The third-order valence-electron chi connectivity index (χ3n) is 8.22. The number of fused-ring (bicyclic) bond motifs is 3. The number of hydrogen-bond donors (Lipinski definition) is 7. The summed E-state index contributed by atoms with van der Waals surface area (Å²) in [5.41, 5.74) is -0.889. The maximum atomic E-state index is 14.0. The molecule has 3 aliphatic carbocycles. The van der Waals surface area contributed by atoms with Crippen LogP contribution in [-0.4, -0.2) is 84.9 Å².